The summed E-state index contributed by atoms with van der Waals surface area (Å²) in [6.45, 7) is 3.56. The van der Waals surface area contributed by atoms with Crippen LogP contribution in [0.3, 0.4) is 0 Å². The summed E-state index contributed by atoms with van der Waals surface area (Å²) in [6, 6.07) is 10.3. The maximum Gasteiger partial charge on any atom is 0.272 e. The van der Waals surface area contributed by atoms with Crippen molar-refractivity contribution in [1.82, 2.24) is 14.7 Å². The zero-order chi connectivity index (χ0) is 17.1. The number of hydrogen-bond donors (Lipinski definition) is 0. The van der Waals surface area contributed by atoms with Gasteiger partial charge in [0, 0.05) is 39.4 Å². The summed E-state index contributed by atoms with van der Waals surface area (Å²) in [5.41, 5.74) is 3.21. The number of likely N-dealkylation sites (tertiary alicyclic amines) is 1. The number of nitrogens with zero attached hydrogens (tertiary/aromatic N) is 3. The van der Waals surface area contributed by atoms with Gasteiger partial charge in [0.15, 0.2) is 0 Å². The van der Waals surface area contributed by atoms with Gasteiger partial charge in [-0.2, -0.15) is 5.10 Å². The van der Waals surface area contributed by atoms with Gasteiger partial charge in [0.05, 0.1) is 6.10 Å². The van der Waals surface area contributed by atoms with Gasteiger partial charge in [-0.05, 0) is 31.4 Å². The van der Waals surface area contributed by atoms with Crippen LogP contribution in [0.15, 0.2) is 36.5 Å². The maximum absolute atomic E-state index is 12.8. The molecule has 0 N–H and O–H groups in total. The van der Waals surface area contributed by atoms with E-state index in [4.69, 9.17) is 4.74 Å². The van der Waals surface area contributed by atoms with Crippen molar-refractivity contribution in [3.63, 3.8) is 0 Å². The van der Waals surface area contributed by atoms with Crippen LogP contribution in [-0.2, 0) is 18.2 Å². The molecule has 0 radical (unpaired) electrons. The Labute approximate surface area is 143 Å². The van der Waals surface area contributed by atoms with E-state index >= 15 is 0 Å². The normalized spacial score (nSPS) is 21.0. The number of benzene rings is 1. The SMILES string of the molecule is CO[C@H]1CCN(C(=O)c2ccnn2C)C[C@@H]1Cc1cccc(C)c1. The number of amides is 1. The lowest BCUT2D eigenvalue weighted by molar-refractivity contribution is -0.00331. The van der Waals surface area contributed by atoms with Crippen LogP contribution in [-0.4, -0.2) is 46.9 Å². The summed E-state index contributed by atoms with van der Waals surface area (Å²) in [7, 11) is 3.58. The van der Waals surface area contributed by atoms with Gasteiger partial charge in [-0.25, -0.2) is 0 Å². The van der Waals surface area contributed by atoms with Gasteiger partial charge >= 0.3 is 0 Å². The molecule has 128 valence electrons. The van der Waals surface area contributed by atoms with Crippen molar-refractivity contribution in [2.45, 2.75) is 25.9 Å². The predicted octanol–water partition coefficient (Wildman–Crippen LogP) is 2.45. The number of ether oxygens (including phenoxy) is 1. The van der Waals surface area contributed by atoms with Gasteiger partial charge < -0.3 is 9.64 Å². The van der Waals surface area contributed by atoms with E-state index in [2.05, 4.69) is 36.3 Å². The van der Waals surface area contributed by atoms with Crippen LogP contribution < -0.4 is 0 Å². The van der Waals surface area contributed by atoms with Crippen molar-refractivity contribution >= 4 is 5.91 Å². The van der Waals surface area contributed by atoms with E-state index in [1.807, 2.05) is 4.90 Å². The number of methoxy groups -OCH3 is 1. The molecule has 2 aromatic rings. The second kappa shape index (κ2) is 7.18. The molecule has 1 aliphatic rings. The van der Waals surface area contributed by atoms with E-state index in [0.29, 0.717) is 11.6 Å². The molecule has 0 bridgehead atoms. The first-order valence-electron chi connectivity index (χ1n) is 8.44. The summed E-state index contributed by atoms with van der Waals surface area (Å²) in [4.78, 5) is 14.7. The Morgan fingerprint density at radius 3 is 2.88 bits per heavy atom. The van der Waals surface area contributed by atoms with Gasteiger partial charge in [-0.3, -0.25) is 9.48 Å². The highest BCUT2D eigenvalue weighted by atomic mass is 16.5. The molecular weight excluding hydrogens is 302 g/mol. The Hall–Kier alpha value is -2.14. The van der Waals surface area contributed by atoms with Gasteiger partial charge in [-0.15, -0.1) is 0 Å². The largest absolute Gasteiger partial charge is 0.381 e. The van der Waals surface area contributed by atoms with E-state index in [1.165, 1.54) is 11.1 Å². The fourth-order valence-corrected chi connectivity index (χ4v) is 3.59. The molecule has 0 aliphatic carbocycles. The second-order valence-corrected chi connectivity index (χ2v) is 6.61. The Morgan fingerprint density at radius 2 is 2.21 bits per heavy atom. The third-order valence-electron chi connectivity index (χ3n) is 4.87. The first kappa shape index (κ1) is 16.7. The average Bonchev–Trinajstić information content (AvgIpc) is 3.00. The van der Waals surface area contributed by atoms with E-state index < -0.39 is 0 Å². The van der Waals surface area contributed by atoms with Crippen LogP contribution in [0, 0.1) is 12.8 Å². The van der Waals surface area contributed by atoms with Gasteiger partial charge in [0.25, 0.3) is 5.91 Å². The van der Waals surface area contributed by atoms with Crippen molar-refractivity contribution < 1.29 is 9.53 Å². The minimum atomic E-state index is 0.0544. The molecule has 0 spiro atoms. The number of hydrogen-bond acceptors (Lipinski definition) is 3. The summed E-state index contributed by atoms with van der Waals surface area (Å²) in [5, 5.41) is 4.10. The van der Waals surface area contributed by atoms with E-state index in [1.54, 1.807) is 31.1 Å². The molecule has 1 aromatic carbocycles. The molecule has 1 aliphatic heterocycles. The van der Waals surface area contributed by atoms with Crippen molar-refractivity contribution in [2.75, 3.05) is 20.2 Å². The topological polar surface area (TPSA) is 47.4 Å². The Balaban J connectivity index is 1.74. The van der Waals surface area contributed by atoms with Crippen molar-refractivity contribution in [3.8, 4) is 0 Å². The van der Waals surface area contributed by atoms with E-state index in [9.17, 15) is 4.79 Å². The number of rotatable bonds is 4. The Morgan fingerprint density at radius 1 is 1.38 bits per heavy atom. The number of carbonyl (C=O) groups excluding carboxylic acids is 1. The number of aromatic nitrogens is 2. The van der Waals surface area contributed by atoms with Crippen LogP contribution >= 0.6 is 0 Å². The number of aryl methyl sites for hydroxylation is 2. The molecule has 1 amide bonds. The molecule has 5 nitrogen and oxygen atoms in total. The average molecular weight is 327 g/mol. The molecule has 24 heavy (non-hydrogen) atoms. The fraction of sp³-hybridized carbons (Fsp3) is 0.474. The first-order valence-corrected chi connectivity index (χ1v) is 8.44. The Bertz CT molecular complexity index is 710. The smallest absolute Gasteiger partial charge is 0.272 e. The van der Waals surface area contributed by atoms with Crippen molar-refractivity contribution in [2.24, 2.45) is 13.0 Å². The minimum absolute atomic E-state index is 0.0544. The lowest BCUT2D eigenvalue weighted by Crippen LogP contribution is -2.47. The Kier molecular flexibility index (Phi) is 5.00. The summed E-state index contributed by atoms with van der Waals surface area (Å²) < 4.78 is 7.33. The molecule has 1 saturated heterocycles. The van der Waals surface area contributed by atoms with Crippen LogP contribution in [0.25, 0.3) is 0 Å². The van der Waals surface area contributed by atoms with Crippen LogP contribution in [0.1, 0.15) is 28.0 Å². The molecule has 1 fully saturated rings. The minimum Gasteiger partial charge on any atom is -0.381 e. The summed E-state index contributed by atoms with van der Waals surface area (Å²) >= 11 is 0. The van der Waals surface area contributed by atoms with Gasteiger partial charge in [-0.1, -0.05) is 29.8 Å². The molecule has 3 rings (SSSR count). The molecule has 2 atom stereocenters. The van der Waals surface area contributed by atoms with E-state index in [0.717, 1.165) is 25.9 Å². The third-order valence-corrected chi connectivity index (χ3v) is 4.87. The zero-order valence-electron chi connectivity index (χ0n) is 14.6. The quantitative estimate of drug-likeness (QED) is 0.866. The monoisotopic (exact) mass is 327 g/mol. The van der Waals surface area contributed by atoms with Crippen LogP contribution in [0.2, 0.25) is 0 Å². The first-order chi connectivity index (χ1) is 11.6. The van der Waals surface area contributed by atoms with Crippen LogP contribution in [0.4, 0.5) is 0 Å². The highest BCUT2D eigenvalue weighted by Gasteiger charge is 2.32. The summed E-state index contributed by atoms with van der Waals surface area (Å²) in [6.07, 6.45) is 3.66. The van der Waals surface area contributed by atoms with E-state index in [-0.39, 0.29) is 12.0 Å². The molecular formula is C19H25N3O2. The standard InChI is InChI=1S/C19H25N3O2/c1-14-5-4-6-15(11-14)12-16-13-22(10-8-18(16)24-3)19(23)17-7-9-20-21(17)2/h4-7,9,11,16,18H,8,10,12-13H2,1-3H3/t16-,18-/m0/s1. The molecule has 2 heterocycles. The fourth-order valence-electron chi connectivity index (χ4n) is 3.59. The highest BCUT2D eigenvalue weighted by Crippen LogP contribution is 2.25. The highest BCUT2D eigenvalue weighted by molar-refractivity contribution is 5.92. The second-order valence-electron chi connectivity index (χ2n) is 6.61. The van der Waals surface area contributed by atoms with Crippen molar-refractivity contribution in [3.05, 3.63) is 53.3 Å². The van der Waals surface area contributed by atoms with Crippen LogP contribution in [0.5, 0.6) is 0 Å². The molecule has 0 saturated carbocycles. The molecule has 1 aromatic heterocycles. The molecule has 5 heteroatoms. The summed E-state index contributed by atoms with van der Waals surface area (Å²) in [5.74, 6) is 0.363. The lowest BCUT2D eigenvalue weighted by atomic mass is 9.88. The maximum atomic E-state index is 12.8. The third kappa shape index (κ3) is 3.51. The lowest BCUT2D eigenvalue weighted by Gasteiger charge is -2.38. The number of carbonyl (C=O) groups is 1. The number of piperidine rings is 1. The zero-order valence-corrected chi connectivity index (χ0v) is 14.6. The van der Waals surface area contributed by atoms with Gasteiger partial charge in [0.1, 0.15) is 5.69 Å². The van der Waals surface area contributed by atoms with Gasteiger partial charge in [0.2, 0.25) is 0 Å². The molecule has 0 unspecified atom stereocenters. The predicted molar refractivity (Wildman–Crippen MR) is 92.9 cm³/mol. The van der Waals surface area contributed by atoms with Crippen molar-refractivity contribution in [1.29, 1.82) is 0 Å².